The molecule has 1 saturated heterocycles. The molecule has 0 saturated carbocycles. The number of nitrogens with zero attached hydrogens (tertiary/aromatic N) is 1. The second-order valence-corrected chi connectivity index (χ2v) is 8.64. The van der Waals surface area contributed by atoms with Crippen molar-refractivity contribution in [3.05, 3.63) is 89.6 Å². The number of amides is 1. The van der Waals surface area contributed by atoms with Gasteiger partial charge in [0.2, 0.25) is 0 Å². The van der Waals surface area contributed by atoms with E-state index in [2.05, 4.69) is 48.3 Å². The average Bonchev–Trinajstić information content (AvgIpc) is 3.50. The van der Waals surface area contributed by atoms with Gasteiger partial charge in [0.25, 0.3) is 5.91 Å². The molecule has 1 N–H and O–H groups in total. The summed E-state index contributed by atoms with van der Waals surface area (Å²) in [7, 11) is 0. The summed E-state index contributed by atoms with van der Waals surface area (Å²) < 4.78 is 17.4. The molecule has 1 aliphatic heterocycles. The zero-order chi connectivity index (χ0) is 22.8. The van der Waals surface area contributed by atoms with Crippen molar-refractivity contribution in [1.29, 1.82) is 0 Å². The van der Waals surface area contributed by atoms with E-state index in [0.717, 1.165) is 35.4 Å². The maximum atomic E-state index is 12.9. The van der Waals surface area contributed by atoms with Gasteiger partial charge in [-0.3, -0.25) is 9.69 Å². The van der Waals surface area contributed by atoms with Crippen molar-refractivity contribution in [2.75, 3.05) is 31.6 Å². The second-order valence-electron chi connectivity index (χ2n) is 8.64. The number of furan rings is 2. The Morgan fingerprint density at radius 3 is 2.36 bits per heavy atom. The number of benzene rings is 2. The quantitative estimate of drug-likeness (QED) is 0.406. The van der Waals surface area contributed by atoms with Gasteiger partial charge in [-0.25, -0.2) is 0 Å². The molecule has 170 valence electrons. The molecule has 1 aliphatic rings. The third-order valence-electron chi connectivity index (χ3n) is 6.18. The first-order valence-electron chi connectivity index (χ1n) is 11.4. The Bertz CT molecular complexity index is 1220. The molecule has 6 nitrogen and oxygen atoms in total. The van der Waals surface area contributed by atoms with Crippen LogP contribution in [-0.2, 0) is 4.74 Å². The predicted octanol–water partition coefficient (Wildman–Crippen LogP) is 5.82. The van der Waals surface area contributed by atoms with E-state index in [1.54, 1.807) is 12.1 Å². The summed E-state index contributed by atoms with van der Waals surface area (Å²) in [5, 5.41) is 3.94. The molecule has 1 atom stereocenters. The van der Waals surface area contributed by atoms with Crippen molar-refractivity contribution in [3.8, 4) is 0 Å². The number of ether oxygens (including phenoxy) is 1. The van der Waals surface area contributed by atoms with Gasteiger partial charge in [0.15, 0.2) is 5.76 Å². The van der Waals surface area contributed by atoms with Crippen LogP contribution in [0.3, 0.4) is 0 Å². The first kappa shape index (κ1) is 21.5. The second kappa shape index (κ2) is 9.25. The number of rotatable bonds is 6. The maximum absolute atomic E-state index is 12.9. The van der Waals surface area contributed by atoms with Crippen LogP contribution < -0.4 is 5.32 Å². The largest absolute Gasteiger partial charge is 0.459 e. The zero-order valence-corrected chi connectivity index (χ0v) is 18.9. The summed E-state index contributed by atoms with van der Waals surface area (Å²) in [5.41, 5.74) is 3.82. The lowest BCUT2D eigenvalue weighted by molar-refractivity contribution is 0.0206. The minimum absolute atomic E-state index is 0.158. The van der Waals surface area contributed by atoms with E-state index in [0.29, 0.717) is 24.8 Å². The van der Waals surface area contributed by atoms with Crippen LogP contribution in [0.25, 0.3) is 11.0 Å². The molecule has 5 rings (SSSR count). The Labute approximate surface area is 193 Å². The molecule has 4 aromatic rings. The summed E-state index contributed by atoms with van der Waals surface area (Å²) in [6.45, 7) is 7.26. The summed E-state index contributed by atoms with van der Waals surface area (Å²) in [6, 6.07) is 19.7. The van der Waals surface area contributed by atoms with Gasteiger partial charge >= 0.3 is 0 Å². The van der Waals surface area contributed by atoms with Gasteiger partial charge in [-0.2, -0.15) is 0 Å². The first-order chi connectivity index (χ1) is 16.1. The number of hydrogen-bond acceptors (Lipinski definition) is 5. The summed E-state index contributed by atoms with van der Waals surface area (Å²) in [6.07, 6.45) is 1.50. The van der Waals surface area contributed by atoms with E-state index < -0.39 is 0 Å². The lowest BCUT2D eigenvalue weighted by atomic mass is 9.96. The molecular formula is C27H28N2O4. The molecule has 0 aliphatic carbocycles. The van der Waals surface area contributed by atoms with Crippen LogP contribution in [0.15, 0.2) is 75.8 Å². The molecule has 1 amide bonds. The van der Waals surface area contributed by atoms with Crippen molar-refractivity contribution in [3.63, 3.8) is 0 Å². The molecule has 1 fully saturated rings. The van der Waals surface area contributed by atoms with Crippen molar-refractivity contribution in [2.45, 2.75) is 25.8 Å². The zero-order valence-electron chi connectivity index (χ0n) is 18.9. The number of fused-ring (bicyclic) bond motifs is 1. The molecule has 0 radical (unpaired) electrons. The number of para-hydroxylation sites is 1. The van der Waals surface area contributed by atoms with Crippen molar-refractivity contribution < 1.29 is 18.4 Å². The number of anilines is 1. The summed E-state index contributed by atoms with van der Waals surface area (Å²) in [4.78, 5) is 15.3. The molecule has 6 heteroatoms. The van der Waals surface area contributed by atoms with E-state index in [9.17, 15) is 4.79 Å². The number of carbonyl (C=O) groups is 1. The molecule has 3 heterocycles. The Balaban J connectivity index is 1.62. The molecular weight excluding hydrogens is 416 g/mol. The number of nitrogens with one attached hydrogen (secondary N) is 1. The lowest BCUT2D eigenvalue weighted by Crippen LogP contribution is -2.39. The normalized spacial score (nSPS) is 15.7. The SMILES string of the molecule is CC(C)c1ccc(C(c2oc3ccccc3c2NC(=O)c2ccco2)N2CCOCC2)cc1. The highest BCUT2D eigenvalue weighted by Gasteiger charge is 2.31. The predicted molar refractivity (Wildman–Crippen MR) is 128 cm³/mol. The maximum Gasteiger partial charge on any atom is 0.291 e. The standard InChI is InChI=1S/C27H28N2O4/c1-18(2)19-9-11-20(12-10-19)25(29-13-16-31-17-14-29)26-24(21-6-3-4-7-22(21)33-26)28-27(30)23-8-5-15-32-23/h3-12,15,18,25H,13-14,16-17H2,1-2H3,(H,28,30). The van der Waals surface area contributed by atoms with Crippen molar-refractivity contribution in [1.82, 2.24) is 4.90 Å². The van der Waals surface area contributed by atoms with Crippen LogP contribution in [0, 0.1) is 0 Å². The monoisotopic (exact) mass is 444 g/mol. The van der Waals surface area contributed by atoms with Crippen LogP contribution in [0.1, 0.15) is 53.2 Å². The van der Waals surface area contributed by atoms with Crippen LogP contribution >= 0.6 is 0 Å². The van der Waals surface area contributed by atoms with Crippen LogP contribution in [0.4, 0.5) is 5.69 Å². The van der Waals surface area contributed by atoms with E-state index >= 15 is 0 Å². The highest BCUT2D eigenvalue weighted by Crippen LogP contribution is 2.41. The van der Waals surface area contributed by atoms with Gasteiger partial charge in [0.05, 0.1) is 31.2 Å². The smallest absolute Gasteiger partial charge is 0.291 e. The Morgan fingerprint density at radius 1 is 0.939 bits per heavy atom. The van der Waals surface area contributed by atoms with E-state index in [-0.39, 0.29) is 17.7 Å². The summed E-state index contributed by atoms with van der Waals surface area (Å²) >= 11 is 0. The van der Waals surface area contributed by atoms with Crippen LogP contribution in [-0.4, -0.2) is 37.1 Å². The average molecular weight is 445 g/mol. The van der Waals surface area contributed by atoms with Gasteiger partial charge in [0, 0.05) is 18.5 Å². The van der Waals surface area contributed by atoms with E-state index in [1.807, 2.05) is 24.3 Å². The molecule has 1 unspecified atom stereocenters. The Kier molecular flexibility index (Phi) is 6.03. The fourth-order valence-electron chi connectivity index (χ4n) is 4.40. The first-order valence-corrected chi connectivity index (χ1v) is 11.4. The minimum Gasteiger partial charge on any atom is -0.459 e. The van der Waals surface area contributed by atoms with Gasteiger partial charge in [0.1, 0.15) is 11.3 Å². The van der Waals surface area contributed by atoms with Gasteiger partial charge in [-0.05, 0) is 41.3 Å². The molecule has 2 aromatic heterocycles. The fraction of sp³-hybridized carbons (Fsp3) is 0.296. The van der Waals surface area contributed by atoms with E-state index in [1.165, 1.54) is 11.8 Å². The van der Waals surface area contributed by atoms with E-state index in [4.69, 9.17) is 13.6 Å². The molecule has 0 spiro atoms. The molecule has 33 heavy (non-hydrogen) atoms. The molecule has 2 aromatic carbocycles. The van der Waals surface area contributed by atoms with Crippen LogP contribution in [0.2, 0.25) is 0 Å². The van der Waals surface area contributed by atoms with Gasteiger partial charge in [-0.15, -0.1) is 0 Å². The Morgan fingerprint density at radius 2 is 1.67 bits per heavy atom. The van der Waals surface area contributed by atoms with Gasteiger partial charge < -0.3 is 18.9 Å². The third kappa shape index (κ3) is 4.32. The van der Waals surface area contributed by atoms with Gasteiger partial charge in [-0.1, -0.05) is 50.2 Å². The minimum atomic E-state index is -0.302. The number of hydrogen-bond donors (Lipinski definition) is 1. The molecule has 0 bridgehead atoms. The third-order valence-corrected chi connectivity index (χ3v) is 6.18. The lowest BCUT2D eigenvalue weighted by Gasteiger charge is -2.34. The fourth-order valence-corrected chi connectivity index (χ4v) is 4.40. The summed E-state index contributed by atoms with van der Waals surface area (Å²) in [5.74, 6) is 1.13. The topological polar surface area (TPSA) is 67.9 Å². The number of carbonyl (C=O) groups excluding carboxylic acids is 1. The van der Waals surface area contributed by atoms with Crippen LogP contribution in [0.5, 0.6) is 0 Å². The number of morpholine rings is 1. The van der Waals surface area contributed by atoms with Crippen molar-refractivity contribution >= 4 is 22.6 Å². The Hall–Kier alpha value is -3.35. The van der Waals surface area contributed by atoms with Crippen molar-refractivity contribution in [2.24, 2.45) is 0 Å². The highest BCUT2D eigenvalue weighted by atomic mass is 16.5. The highest BCUT2D eigenvalue weighted by molar-refractivity contribution is 6.08.